The molecule has 0 spiro atoms. The van der Waals surface area contributed by atoms with E-state index in [1.54, 1.807) is 0 Å². The SMILES string of the molecule is Cc1cc(CCCN2CCN(C)CC2)c2cc1C(=O)NCCCNC(=O)CCSc1cc-2nc(N)n1. The molecule has 1 aromatic carbocycles. The molecule has 10 heteroatoms. The normalized spacial score (nSPS) is 18.5. The first-order valence-electron chi connectivity index (χ1n) is 12.8. The highest BCUT2D eigenvalue weighted by molar-refractivity contribution is 7.99. The van der Waals surface area contributed by atoms with Crippen molar-refractivity contribution in [3.63, 3.8) is 0 Å². The molecule has 1 aromatic heterocycles. The number of fused-ring (bicyclic) bond motifs is 5. The van der Waals surface area contributed by atoms with Gasteiger partial charge in [0.2, 0.25) is 11.9 Å². The molecule has 9 nitrogen and oxygen atoms in total. The van der Waals surface area contributed by atoms with Gasteiger partial charge in [0.25, 0.3) is 5.91 Å². The lowest BCUT2D eigenvalue weighted by molar-refractivity contribution is -0.120. The third-order valence-electron chi connectivity index (χ3n) is 6.75. The zero-order valence-corrected chi connectivity index (χ0v) is 22.1. The number of hydrogen-bond donors (Lipinski definition) is 3. The van der Waals surface area contributed by atoms with E-state index >= 15 is 0 Å². The molecule has 194 valence electrons. The number of aryl methyl sites for hydroxylation is 2. The number of nitrogens with two attached hydrogens (primary N) is 1. The summed E-state index contributed by atoms with van der Waals surface area (Å²) in [4.78, 5) is 38.9. The second kappa shape index (κ2) is 12.5. The number of hydrogen-bond acceptors (Lipinski definition) is 8. The van der Waals surface area contributed by atoms with Crippen molar-refractivity contribution in [1.82, 2.24) is 30.4 Å². The van der Waals surface area contributed by atoms with Crippen LogP contribution in [0, 0.1) is 6.92 Å². The monoisotopic (exact) mass is 511 g/mol. The van der Waals surface area contributed by atoms with Crippen LogP contribution in [0.5, 0.6) is 0 Å². The summed E-state index contributed by atoms with van der Waals surface area (Å²) in [6, 6.07) is 6.00. The van der Waals surface area contributed by atoms with Crippen LogP contribution in [0.1, 0.15) is 40.7 Å². The fourth-order valence-corrected chi connectivity index (χ4v) is 5.48. The molecule has 0 atom stereocenters. The topological polar surface area (TPSA) is 116 Å². The van der Waals surface area contributed by atoms with Crippen LogP contribution in [0.15, 0.2) is 23.2 Å². The van der Waals surface area contributed by atoms with Crippen LogP contribution >= 0.6 is 11.8 Å². The molecule has 4 N–H and O–H groups in total. The predicted molar refractivity (Wildman–Crippen MR) is 144 cm³/mol. The van der Waals surface area contributed by atoms with Crippen molar-refractivity contribution < 1.29 is 9.59 Å². The number of nitrogen functional groups attached to an aromatic ring is 1. The van der Waals surface area contributed by atoms with E-state index in [0.29, 0.717) is 42.9 Å². The Morgan fingerprint density at radius 3 is 2.61 bits per heavy atom. The van der Waals surface area contributed by atoms with Gasteiger partial charge in [-0.25, -0.2) is 9.97 Å². The Morgan fingerprint density at radius 1 is 1.03 bits per heavy atom. The van der Waals surface area contributed by atoms with E-state index in [2.05, 4.69) is 43.5 Å². The van der Waals surface area contributed by atoms with Gasteiger partial charge < -0.3 is 26.2 Å². The molecule has 2 amide bonds. The fraction of sp³-hybridized carbons (Fsp3) is 0.538. The summed E-state index contributed by atoms with van der Waals surface area (Å²) in [5, 5.41) is 6.62. The maximum Gasteiger partial charge on any atom is 0.251 e. The number of thioether (sulfide) groups is 1. The minimum atomic E-state index is -0.118. The van der Waals surface area contributed by atoms with Crippen molar-refractivity contribution in [3.8, 4) is 11.3 Å². The predicted octanol–water partition coefficient (Wildman–Crippen LogP) is 1.95. The molecule has 4 rings (SSSR count). The lowest BCUT2D eigenvalue weighted by atomic mass is 9.93. The molecule has 36 heavy (non-hydrogen) atoms. The molecule has 1 fully saturated rings. The summed E-state index contributed by atoms with van der Waals surface area (Å²) in [5.74, 6) is 0.672. The number of nitrogens with zero attached hydrogens (tertiary/aromatic N) is 4. The van der Waals surface area contributed by atoms with E-state index in [4.69, 9.17) is 5.73 Å². The van der Waals surface area contributed by atoms with Crippen molar-refractivity contribution in [2.24, 2.45) is 0 Å². The van der Waals surface area contributed by atoms with Gasteiger partial charge in [0, 0.05) is 62.6 Å². The Kier molecular flexibility index (Phi) is 9.17. The van der Waals surface area contributed by atoms with Gasteiger partial charge in [-0.2, -0.15) is 0 Å². The summed E-state index contributed by atoms with van der Waals surface area (Å²) in [7, 11) is 2.17. The average molecular weight is 512 g/mol. The van der Waals surface area contributed by atoms with Crippen molar-refractivity contribution in [2.75, 3.05) is 64.3 Å². The van der Waals surface area contributed by atoms with Gasteiger partial charge in [-0.3, -0.25) is 9.59 Å². The Balaban J connectivity index is 1.62. The van der Waals surface area contributed by atoms with Gasteiger partial charge in [0.1, 0.15) is 5.03 Å². The Morgan fingerprint density at radius 2 is 1.81 bits per heavy atom. The minimum Gasteiger partial charge on any atom is -0.368 e. The van der Waals surface area contributed by atoms with E-state index in [0.717, 1.165) is 67.3 Å². The number of anilines is 1. The summed E-state index contributed by atoms with van der Waals surface area (Å²) in [6.07, 6.45) is 2.98. The quantitative estimate of drug-likeness (QED) is 0.534. The highest BCUT2D eigenvalue weighted by Gasteiger charge is 2.18. The Hall–Kier alpha value is -2.69. The third-order valence-corrected chi connectivity index (χ3v) is 7.66. The molecule has 2 aromatic rings. The zero-order valence-electron chi connectivity index (χ0n) is 21.3. The smallest absolute Gasteiger partial charge is 0.251 e. The molecular formula is C26H37N7O2S. The summed E-state index contributed by atoms with van der Waals surface area (Å²) >= 11 is 1.49. The van der Waals surface area contributed by atoms with Gasteiger partial charge in [-0.15, -0.1) is 11.8 Å². The Bertz CT molecular complexity index is 1090. The molecule has 2 aliphatic heterocycles. The first kappa shape index (κ1) is 26.4. The number of carbonyl (C=O) groups is 2. The van der Waals surface area contributed by atoms with Crippen LogP contribution < -0.4 is 16.4 Å². The number of aromatic nitrogens is 2. The third kappa shape index (κ3) is 7.18. The number of rotatable bonds is 4. The standard InChI is InChI=1S/C26H37N7O2S/c1-18-15-19(5-3-9-33-12-10-32(2)11-13-33)21-16-20(18)25(35)29-8-4-7-28-23(34)6-14-36-24-17-22(21)30-26(27)31-24/h15-17H,3-14H2,1-2H3,(H,28,34)(H,29,35)(H2,27,30,31). The molecule has 0 aliphatic carbocycles. The molecule has 4 bridgehead atoms. The first-order chi connectivity index (χ1) is 17.4. The summed E-state index contributed by atoms with van der Waals surface area (Å²) in [5.41, 5.74) is 10.5. The Labute approximate surface area is 217 Å². The van der Waals surface area contributed by atoms with Crippen LogP contribution in [0.4, 0.5) is 5.95 Å². The molecular weight excluding hydrogens is 474 g/mol. The van der Waals surface area contributed by atoms with Gasteiger partial charge in [0.05, 0.1) is 5.69 Å². The molecule has 0 unspecified atom stereocenters. The lowest BCUT2D eigenvalue weighted by Gasteiger charge is -2.32. The van der Waals surface area contributed by atoms with E-state index in [1.165, 1.54) is 11.8 Å². The summed E-state index contributed by atoms with van der Waals surface area (Å²) in [6.45, 7) is 8.48. The van der Waals surface area contributed by atoms with Gasteiger partial charge in [0.15, 0.2) is 0 Å². The van der Waals surface area contributed by atoms with Crippen molar-refractivity contribution in [3.05, 3.63) is 34.9 Å². The molecule has 2 aliphatic rings. The number of likely N-dealkylation sites (N-methyl/N-ethyl adjacent to an activating group) is 1. The number of nitrogens with one attached hydrogen (secondary N) is 2. The van der Waals surface area contributed by atoms with Crippen LogP contribution in [-0.4, -0.2) is 90.2 Å². The first-order valence-corrected chi connectivity index (χ1v) is 13.7. The minimum absolute atomic E-state index is 0.00753. The average Bonchev–Trinajstić information content (AvgIpc) is 2.84. The second-order valence-electron chi connectivity index (χ2n) is 9.58. The van der Waals surface area contributed by atoms with Crippen molar-refractivity contribution in [1.29, 1.82) is 0 Å². The number of piperazine rings is 1. The van der Waals surface area contributed by atoms with Crippen LogP contribution in [0.25, 0.3) is 11.3 Å². The van der Waals surface area contributed by atoms with E-state index < -0.39 is 0 Å². The number of benzene rings is 1. The van der Waals surface area contributed by atoms with Crippen LogP contribution in [-0.2, 0) is 11.2 Å². The maximum atomic E-state index is 13.0. The molecule has 1 saturated heterocycles. The van der Waals surface area contributed by atoms with Crippen molar-refractivity contribution in [2.45, 2.75) is 37.6 Å². The maximum absolute atomic E-state index is 13.0. The fourth-order valence-electron chi connectivity index (χ4n) is 4.63. The number of amides is 2. The van der Waals surface area contributed by atoms with Crippen LogP contribution in [0.2, 0.25) is 0 Å². The van der Waals surface area contributed by atoms with Gasteiger partial charge >= 0.3 is 0 Å². The second-order valence-corrected chi connectivity index (χ2v) is 10.7. The number of carbonyl (C=O) groups excluding carboxylic acids is 2. The highest BCUT2D eigenvalue weighted by Crippen LogP contribution is 2.30. The van der Waals surface area contributed by atoms with E-state index in [9.17, 15) is 9.59 Å². The lowest BCUT2D eigenvalue weighted by Crippen LogP contribution is -2.44. The largest absolute Gasteiger partial charge is 0.368 e. The molecule has 0 saturated carbocycles. The van der Waals surface area contributed by atoms with Crippen LogP contribution in [0.3, 0.4) is 0 Å². The molecule has 3 heterocycles. The van der Waals surface area contributed by atoms with E-state index in [1.807, 2.05) is 19.1 Å². The van der Waals surface area contributed by atoms with Gasteiger partial charge in [-0.05, 0) is 63.0 Å². The highest BCUT2D eigenvalue weighted by atomic mass is 32.2. The summed E-state index contributed by atoms with van der Waals surface area (Å²) < 4.78 is 0. The van der Waals surface area contributed by atoms with Gasteiger partial charge in [-0.1, -0.05) is 6.07 Å². The zero-order chi connectivity index (χ0) is 25.5. The van der Waals surface area contributed by atoms with E-state index in [-0.39, 0.29) is 17.8 Å². The molecule has 0 radical (unpaired) electrons. The van der Waals surface area contributed by atoms with Crippen molar-refractivity contribution >= 4 is 29.5 Å².